The second kappa shape index (κ2) is 5.70. The molecule has 0 bridgehead atoms. The molecule has 0 aliphatic rings. The quantitative estimate of drug-likeness (QED) is 0.642. The van der Waals surface area contributed by atoms with Gasteiger partial charge < -0.3 is 4.42 Å². The number of rotatable bonds is 5. The van der Waals surface area contributed by atoms with Gasteiger partial charge in [0.05, 0.1) is 11.8 Å². The minimum Gasteiger partial charge on any atom is -0.399 e. The zero-order valence-electron chi connectivity index (χ0n) is 10.3. The summed E-state index contributed by atoms with van der Waals surface area (Å²) in [5, 5.41) is 10.5. The van der Waals surface area contributed by atoms with E-state index < -0.39 is 10.8 Å². The van der Waals surface area contributed by atoms with Crippen LogP contribution in [0.1, 0.15) is 16.1 Å². The van der Waals surface area contributed by atoms with Crippen LogP contribution >= 0.6 is 0 Å². The fourth-order valence-corrected chi connectivity index (χ4v) is 1.44. The molecule has 20 heavy (non-hydrogen) atoms. The van der Waals surface area contributed by atoms with Gasteiger partial charge in [0.1, 0.15) is 4.92 Å². The van der Waals surface area contributed by atoms with E-state index in [0.717, 1.165) is 0 Å². The Bertz CT molecular complexity index is 649. The second-order valence-corrected chi connectivity index (χ2v) is 3.82. The Morgan fingerprint density at radius 3 is 2.45 bits per heavy atom. The highest BCUT2D eigenvalue weighted by Crippen LogP contribution is 2.19. The molecule has 0 saturated heterocycles. The van der Waals surface area contributed by atoms with Crippen LogP contribution in [0.5, 0.6) is 0 Å². The summed E-state index contributed by atoms with van der Waals surface area (Å²) < 4.78 is 4.93. The first-order valence-corrected chi connectivity index (χ1v) is 5.63. The minimum atomic E-state index is -0.653. The monoisotopic (exact) mass is 273 g/mol. The van der Waals surface area contributed by atoms with Crippen LogP contribution in [-0.2, 0) is 0 Å². The first-order valence-electron chi connectivity index (χ1n) is 5.63. The van der Waals surface area contributed by atoms with Gasteiger partial charge in [0, 0.05) is 5.56 Å². The lowest BCUT2D eigenvalue weighted by atomic mass is 10.2. The molecule has 2 aromatic rings. The van der Waals surface area contributed by atoms with Crippen molar-refractivity contribution in [3.05, 3.63) is 70.5 Å². The Labute approximate surface area is 114 Å². The Kier molecular flexibility index (Phi) is 3.80. The van der Waals surface area contributed by atoms with E-state index in [1.807, 2.05) is 0 Å². The highest BCUT2D eigenvalue weighted by atomic mass is 16.6. The fraction of sp³-hybridized carbons (Fsp3) is 0. The van der Waals surface area contributed by atoms with Crippen LogP contribution in [0, 0.1) is 10.1 Å². The molecule has 1 amide bonds. The molecule has 0 unspecified atom stereocenters. The number of hydrogen-bond donors (Lipinski definition) is 2. The summed E-state index contributed by atoms with van der Waals surface area (Å²) in [5.74, 6) is -0.574. The standard InChI is InChI=1S/C13H11N3O4/c1-9(11-7-8-12(20-11)16(18)19)14-15-13(17)10-5-3-2-4-6-10/h2-8,14H,1H2,(H,15,17). The molecular formula is C13H11N3O4. The summed E-state index contributed by atoms with van der Waals surface area (Å²) in [4.78, 5) is 21.6. The Morgan fingerprint density at radius 1 is 1.15 bits per heavy atom. The number of hydrazine groups is 1. The maximum absolute atomic E-state index is 11.7. The number of nitrogens with one attached hydrogen (secondary N) is 2. The molecule has 0 aliphatic carbocycles. The number of carbonyl (C=O) groups excluding carboxylic acids is 1. The Hall–Kier alpha value is -3.09. The predicted octanol–water partition coefficient (Wildman–Crippen LogP) is 2.09. The molecule has 1 aromatic carbocycles. The number of amides is 1. The van der Waals surface area contributed by atoms with E-state index in [4.69, 9.17) is 4.42 Å². The lowest BCUT2D eigenvalue weighted by Crippen LogP contribution is -2.35. The van der Waals surface area contributed by atoms with Gasteiger partial charge in [-0.3, -0.25) is 25.8 Å². The number of hydrogen-bond acceptors (Lipinski definition) is 5. The third-order valence-electron chi connectivity index (χ3n) is 2.43. The third-order valence-corrected chi connectivity index (χ3v) is 2.43. The average Bonchev–Trinajstić information content (AvgIpc) is 2.95. The van der Waals surface area contributed by atoms with Gasteiger partial charge in [-0.1, -0.05) is 24.8 Å². The molecule has 0 aliphatic heterocycles. The van der Waals surface area contributed by atoms with Crippen LogP contribution < -0.4 is 10.9 Å². The molecule has 0 spiro atoms. The van der Waals surface area contributed by atoms with Crippen molar-refractivity contribution in [3.8, 4) is 0 Å². The van der Waals surface area contributed by atoms with Crippen LogP contribution in [-0.4, -0.2) is 10.8 Å². The van der Waals surface area contributed by atoms with Crippen molar-refractivity contribution >= 4 is 17.5 Å². The number of nitro groups is 1. The molecule has 2 rings (SSSR count). The summed E-state index contributed by atoms with van der Waals surface area (Å²) in [6, 6.07) is 11.2. The average molecular weight is 273 g/mol. The predicted molar refractivity (Wildman–Crippen MR) is 71.4 cm³/mol. The highest BCUT2D eigenvalue weighted by molar-refractivity contribution is 5.94. The lowest BCUT2D eigenvalue weighted by molar-refractivity contribution is -0.402. The molecule has 0 atom stereocenters. The largest absolute Gasteiger partial charge is 0.433 e. The summed E-state index contributed by atoms with van der Waals surface area (Å²) >= 11 is 0. The van der Waals surface area contributed by atoms with Crippen molar-refractivity contribution in [2.24, 2.45) is 0 Å². The number of nitrogens with zero attached hydrogens (tertiary/aromatic N) is 1. The summed E-state index contributed by atoms with van der Waals surface area (Å²) in [7, 11) is 0. The smallest absolute Gasteiger partial charge is 0.399 e. The second-order valence-electron chi connectivity index (χ2n) is 3.82. The van der Waals surface area contributed by atoms with Gasteiger partial charge in [-0.15, -0.1) is 0 Å². The van der Waals surface area contributed by atoms with E-state index >= 15 is 0 Å². The van der Waals surface area contributed by atoms with E-state index in [2.05, 4.69) is 17.4 Å². The van der Waals surface area contributed by atoms with Crippen molar-refractivity contribution in [1.82, 2.24) is 10.9 Å². The van der Waals surface area contributed by atoms with Crippen LogP contribution in [0.2, 0.25) is 0 Å². The number of furan rings is 1. The van der Waals surface area contributed by atoms with Gasteiger partial charge in [-0.2, -0.15) is 0 Å². The maximum Gasteiger partial charge on any atom is 0.433 e. The SMILES string of the molecule is C=C(NNC(=O)c1ccccc1)c1ccc([N+](=O)[O-])o1. The van der Waals surface area contributed by atoms with Gasteiger partial charge >= 0.3 is 5.88 Å². The van der Waals surface area contributed by atoms with Crippen molar-refractivity contribution < 1.29 is 14.1 Å². The fourth-order valence-electron chi connectivity index (χ4n) is 1.44. The molecule has 2 N–H and O–H groups in total. The van der Waals surface area contributed by atoms with Gasteiger partial charge in [-0.05, 0) is 18.2 Å². The van der Waals surface area contributed by atoms with Crippen molar-refractivity contribution in [2.75, 3.05) is 0 Å². The van der Waals surface area contributed by atoms with E-state index in [1.54, 1.807) is 30.3 Å². The van der Waals surface area contributed by atoms with Gasteiger partial charge in [0.15, 0.2) is 5.76 Å². The van der Waals surface area contributed by atoms with Crippen LogP contribution in [0.15, 0.2) is 53.5 Å². The molecule has 7 nitrogen and oxygen atoms in total. The van der Waals surface area contributed by atoms with Crippen molar-refractivity contribution in [3.63, 3.8) is 0 Å². The summed E-state index contributed by atoms with van der Waals surface area (Å²) in [6.07, 6.45) is 0. The number of carbonyl (C=O) groups is 1. The van der Waals surface area contributed by atoms with Crippen LogP contribution in [0.4, 0.5) is 5.88 Å². The zero-order valence-corrected chi connectivity index (χ0v) is 10.3. The topological polar surface area (TPSA) is 97.4 Å². The van der Waals surface area contributed by atoms with Crippen LogP contribution in [0.3, 0.4) is 0 Å². The maximum atomic E-state index is 11.7. The molecule has 7 heteroatoms. The van der Waals surface area contributed by atoms with Gasteiger partial charge in [0.2, 0.25) is 0 Å². The molecule has 102 valence electrons. The molecule has 0 fully saturated rings. The van der Waals surface area contributed by atoms with E-state index in [-0.39, 0.29) is 17.4 Å². The van der Waals surface area contributed by atoms with E-state index in [9.17, 15) is 14.9 Å². The first-order chi connectivity index (χ1) is 9.58. The van der Waals surface area contributed by atoms with E-state index in [0.29, 0.717) is 5.56 Å². The van der Waals surface area contributed by atoms with Crippen LogP contribution in [0.25, 0.3) is 5.70 Å². The zero-order chi connectivity index (χ0) is 14.5. The van der Waals surface area contributed by atoms with E-state index in [1.165, 1.54) is 12.1 Å². The van der Waals surface area contributed by atoms with Gasteiger partial charge in [0.25, 0.3) is 5.91 Å². The first kappa shape index (κ1) is 13.3. The molecule has 1 aromatic heterocycles. The Morgan fingerprint density at radius 2 is 1.85 bits per heavy atom. The summed E-state index contributed by atoms with van der Waals surface area (Å²) in [6.45, 7) is 3.62. The minimum absolute atomic E-state index is 0.171. The summed E-state index contributed by atoms with van der Waals surface area (Å²) in [5.41, 5.74) is 5.64. The molecular weight excluding hydrogens is 262 g/mol. The van der Waals surface area contributed by atoms with Crippen molar-refractivity contribution in [1.29, 1.82) is 0 Å². The number of benzene rings is 1. The Balaban J connectivity index is 1.95. The molecule has 0 saturated carbocycles. The molecule has 0 radical (unpaired) electrons. The molecule has 1 heterocycles. The lowest BCUT2D eigenvalue weighted by Gasteiger charge is -2.08. The van der Waals surface area contributed by atoms with Crippen molar-refractivity contribution in [2.45, 2.75) is 0 Å². The van der Waals surface area contributed by atoms with Gasteiger partial charge in [-0.25, -0.2) is 0 Å². The highest BCUT2D eigenvalue weighted by Gasteiger charge is 2.14. The third kappa shape index (κ3) is 3.02. The normalized spacial score (nSPS) is 9.80.